The van der Waals surface area contributed by atoms with Gasteiger partial charge in [-0.25, -0.2) is 0 Å². The summed E-state index contributed by atoms with van der Waals surface area (Å²) in [7, 11) is 1.50. The molecule has 86 valence electrons. The average Bonchev–Trinajstić information content (AvgIpc) is 2.29. The maximum absolute atomic E-state index is 11.6. The molecule has 2 aliphatic rings. The first-order valence-electron chi connectivity index (χ1n) is 5.96. The molecule has 0 bridgehead atoms. The Hall–Kier alpha value is -0.0500. The van der Waals surface area contributed by atoms with Gasteiger partial charge in [-0.1, -0.05) is 35.2 Å². The largest absolute Gasteiger partial charge is 0.469 e. The van der Waals surface area contributed by atoms with E-state index in [4.69, 9.17) is 4.74 Å². The molecule has 0 heterocycles. The van der Waals surface area contributed by atoms with Gasteiger partial charge in [0.15, 0.2) is 0 Å². The van der Waals surface area contributed by atoms with Crippen LogP contribution in [-0.2, 0) is 9.53 Å². The quantitative estimate of drug-likeness (QED) is 0.543. The number of hydrogen-bond donors (Lipinski definition) is 0. The summed E-state index contributed by atoms with van der Waals surface area (Å²) in [6.07, 6.45) is 7.58. The van der Waals surface area contributed by atoms with E-state index >= 15 is 0 Å². The fraction of sp³-hybridized carbons (Fsp3) is 0.917. The van der Waals surface area contributed by atoms with Crippen molar-refractivity contribution in [1.82, 2.24) is 0 Å². The summed E-state index contributed by atoms with van der Waals surface area (Å²) in [5.74, 6) is 1.62. The Bertz CT molecular complexity index is 242. The molecule has 2 fully saturated rings. The minimum atomic E-state index is -0.0269. The molecule has 0 amide bonds. The number of hydrogen-bond acceptors (Lipinski definition) is 2. The first-order valence-corrected chi connectivity index (χ1v) is 6.87. The Morgan fingerprint density at radius 2 is 1.93 bits per heavy atom. The summed E-state index contributed by atoms with van der Waals surface area (Å²) in [5.41, 5.74) is 0. The van der Waals surface area contributed by atoms with Gasteiger partial charge in [0.25, 0.3) is 0 Å². The van der Waals surface area contributed by atoms with Crippen LogP contribution in [0.2, 0.25) is 0 Å². The van der Waals surface area contributed by atoms with E-state index in [9.17, 15) is 4.79 Å². The fourth-order valence-corrected chi connectivity index (χ4v) is 4.44. The van der Waals surface area contributed by atoms with Crippen LogP contribution in [0.25, 0.3) is 0 Å². The van der Waals surface area contributed by atoms with Crippen molar-refractivity contribution in [1.29, 1.82) is 0 Å². The van der Waals surface area contributed by atoms with Gasteiger partial charge in [0.2, 0.25) is 0 Å². The van der Waals surface area contributed by atoms with Crippen molar-refractivity contribution in [3.63, 3.8) is 0 Å². The molecule has 0 spiro atoms. The Labute approximate surface area is 99.9 Å². The Morgan fingerprint density at radius 1 is 1.20 bits per heavy atom. The van der Waals surface area contributed by atoms with Crippen LogP contribution < -0.4 is 0 Å². The lowest BCUT2D eigenvalue weighted by atomic mass is 9.67. The second-order valence-corrected chi connectivity index (χ2v) is 5.92. The SMILES string of the molecule is COC(=O)[C@@H]1CC[C@@H]2CCCC[C@@H]2[C@@H]1Br. The van der Waals surface area contributed by atoms with Crippen LogP contribution in [0.1, 0.15) is 38.5 Å². The number of fused-ring (bicyclic) bond motifs is 1. The number of methoxy groups -OCH3 is 1. The predicted molar refractivity (Wildman–Crippen MR) is 62.9 cm³/mol. The zero-order chi connectivity index (χ0) is 10.8. The highest BCUT2D eigenvalue weighted by atomic mass is 79.9. The monoisotopic (exact) mass is 274 g/mol. The van der Waals surface area contributed by atoms with Crippen LogP contribution in [0.5, 0.6) is 0 Å². The molecule has 0 aromatic rings. The minimum absolute atomic E-state index is 0.0269. The third kappa shape index (κ3) is 2.22. The number of esters is 1. The minimum Gasteiger partial charge on any atom is -0.469 e. The third-order valence-electron chi connectivity index (χ3n) is 4.11. The molecule has 0 radical (unpaired) electrons. The summed E-state index contributed by atoms with van der Waals surface area (Å²) in [5, 5.41) is 0. The van der Waals surface area contributed by atoms with Crippen molar-refractivity contribution in [2.24, 2.45) is 17.8 Å². The first-order chi connectivity index (χ1) is 7.24. The van der Waals surface area contributed by atoms with E-state index in [1.807, 2.05) is 0 Å². The van der Waals surface area contributed by atoms with Crippen LogP contribution in [0.15, 0.2) is 0 Å². The number of ether oxygens (including phenoxy) is 1. The maximum Gasteiger partial charge on any atom is 0.309 e. The number of rotatable bonds is 1. The number of alkyl halides is 1. The summed E-state index contributed by atoms with van der Waals surface area (Å²) < 4.78 is 4.87. The van der Waals surface area contributed by atoms with Crippen molar-refractivity contribution in [2.45, 2.75) is 43.4 Å². The van der Waals surface area contributed by atoms with E-state index in [1.54, 1.807) is 0 Å². The van der Waals surface area contributed by atoms with Crippen LogP contribution >= 0.6 is 15.9 Å². The molecule has 0 aliphatic heterocycles. The van der Waals surface area contributed by atoms with E-state index in [0.29, 0.717) is 10.7 Å². The predicted octanol–water partition coefficient (Wildman–Crippen LogP) is 3.14. The summed E-state index contributed by atoms with van der Waals surface area (Å²) in [6.45, 7) is 0. The highest BCUT2D eigenvalue weighted by Gasteiger charge is 2.42. The summed E-state index contributed by atoms with van der Waals surface area (Å²) in [4.78, 5) is 12.0. The van der Waals surface area contributed by atoms with Crippen molar-refractivity contribution in [3.05, 3.63) is 0 Å². The molecule has 2 rings (SSSR count). The van der Waals surface area contributed by atoms with Crippen molar-refractivity contribution < 1.29 is 9.53 Å². The highest BCUT2D eigenvalue weighted by Crippen LogP contribution is 2.46. The Morgan fingerprint density at radius 3 is 2.67 bits per heavy atom. The molecule has 0 N–H and O–H groups in total. The smallest absolute Gasteiger partial charge is 0.309 e. The van der Waals surface area contributed by atoms with E-state index in [-0.39, 0.29) is 11.9 Å². The van der Waals surface area contributed by atoms with Gasteiger partial charge in [-0.3, -0.25) is 4.79 Å². The molecule has 0 aromatic heterocycles. The molecule has 0 aromatic carbocycles. The van der Waals surface area contributed by atoms with Gasteiger partial charge in [0, 0.05) is 4.83 Å². The molecule has 0 unspecified atom stereocenters. The molecule has 15 heavy (non-hydrogen) atoms. The molecule has 2 saturated carbocycles. The zero-order valence-electron chi connectivity index (χ0n) is 9.25. The molecule has 4 atom stereocenters. The lowest BCUT2D eigenvalue weighted by Crippen LogP contribution is -2.40. The number of halogens is 1. The van der Waals surface area contributed by atoms with Crippen molar-refractivity contribution in [3.8, 4) is 0 Å². The van der Waals surface area contributed by atoms with Gasteiger partial charge in [-0.2, -0.15) is 0 Å². The van der Waals surface area contributed by atoms with Gasteiger partial charge in [-0.05, 0) is 31.1 Å². The molecule has 2 nitrogen and oxygen atoms in total. The second-order valence-electron chi connectivity index (χ2n) is 4.86. The first kappa shape index (κ1) is 11.4. The molecule has 0 saturated heterocycles. The van der Waals surface area contributed by atoms with E-state index in [0.717, 1.165) is 12.3 Å². The zero-order valence-corrected chi connectivity index (χ0v) is 10.8. The summed E-state index contributed by atoms with van der Waals surface area (Å²) in [6, 6.07) is 0. The topological polar surface area (TPSA) is 26.3 Å². The Kier molecular flexibility index (Phi) is 3.70. The second kappa shape index (κ2) is 4.86. The van der Waals surface area contributed by atoms with Crippen molar-refractivity contribution in [2.75, 3.05) is 7.11 Å². The molecule has 3 heteroatoms. The standard InChI is InChI=1S/C12H19BrO2/c1-15-12(14)10-7-6-8-4-2-3-5-9(8)11(10)13/h8-11H,2-7H2,1H3/t8-,9-,10+,11-/m0/s1. The number of carbonyl (C=O) groups excluding carboxylic acids is 1. The van der Waals surface area contributed by atoms with Crippen LogP contribution in [0.3, 0.4) is 0 Å². The van der Waals surface area contributed by atoms with Gasteiger partial charge in [0.05, 0.1) is 13.0 Å². The van der Waals surface area contributed by atoms with Gasteiger partial charge in [0.1, 0.15) is 0 Å². The lowest BCUT2D eigenvalue weighted by Gasteiger charge is -2.42. The van der Waals surface area contributed by atoms with Gasteiger partial charge < -0.3 is 4.74 Å². The van der Waals surface area contributed by atoms with E-state index in [1.165, 1.54) is 39.2 Å². The summed E-state index contributed by atoms with van der Waals surface area (Å²) >= 11 is 3.74. The Balaban J connectivity index is 2.04. The average molecular weight is 275 g/mol. The van der Waals surface area contributed by atoms with E-state index < -0.39 is 0 Å². The van der Waals surface area contributed by atoms with Crippen LogP contribution in [0.4, 0.5) is 0 Å². The van der Waals surface area contributed by atoms with Gasteiger partial charge >= 0.3 is 5.97 Å². The maximum atomic E-state index is 11.6. The molecule has 2 aliphatic carbocycles. The number of carbonyl (C=O) groups is 1. The van der Waals surface area contributed by atoms with Gasteiger partial charge in [-0.15, -0.1) is 0 Å². The molecular formula is C12H19BrO2. The highest BCUT2D eigenvalue weighted by molar-refractivity contribution is 9.09. The molecular weight excluding hydrogens is 256 g/mol. The third-order valence-corrected chi connectivity index (χ3v) is 5.43. The van der Waals surface area contributed by atoms with Crippen LogP contribution in [0, 0.1) is 17.8 Å². The fourth-order valence-electron chi connectivity index (χ4n) is 3.26. The van der Waals surface area contributed by atoms with Crippen molar-refractivity contribution >= 4 is 21.9 Å². The van der Waals surface area contributed by atoms with E-state index in [2.05, 4.69) is 15.9 Å². The lowest BCUT2D eigenvalue weighted by molar-refractivity contribution is -0.147. The van der Waals surface area contributed by atoms with Crippen LogP contribution in [-0.4, -0.2) is 17.9 Å². The normalized spacial score (nSPS) is 40.7.